The van der Waals surface area contributed by atoms with Crippen LogP contribution in [0.25, 0.3) is 27.8 Å². The maximum atomic E-state index is 14.1. The molecule has 0 atom stereocenters. The lowest BCUT2D eigenvalue weighted by atomic mass is 10.1. The number of nitrogens with one attached hydrogen (secondary N) is 1. The first kappa shape index (κ1) is 26.0. The first-order valence-corrected chi connectivity index (χ1v) is 13.3. The molecule has 3 N–H and O–H groups in total. The molecule has 2 aromatic carbocycles. The van der Waals surface area contributed by atoms with Crippen LogP contribution < -0.4 is 10.5 Å². The van der Waals surface area contributed by atoms with Crippen LogP contribution in [0.2, 0.25) is 0 Å². The SMILES string of the molecule is COCOc1ccc(C)c(-n2c(N)c(C(=O)c3cc4c(CN5CCOCC5)cccc4[nH]3)c3nccnc32)c1C. The van der Waals surface area contributed by atoms with Gasteiger partial charge < -0.3 is 24.9 Å². The normalized spacial score (nSPS) is 14.3. The summed E-state index contributed by atoms with van der Waals surface area (Å²) in [6.07, 6.45) is 3.18. The van der Waals surface area contributed by atoms with Crippen molar-refractivity contribution in [3.05, 3.63) is 76.7 Å². The van der Waals surface area contributed by atoms with Gasteiger partial charge in [-0.05, 0) is 43.2 Å². The summed E-state index contributed by atoms with van der Waals surface area (Å²) in [5.74, 6) is 0.690. The van der Waals surface area contributed by atoms with E-state index < -0.39 is 0 Å². The number of carbonyl (C=O) groups excluding carboxylic acids is 1. The first-order valence-electron chi connectivity index (χ1n) is 13.3. The zero-order chi connectivity index (χ0) is 27.8. The van der Waals surface area contributed by atoms with Crippen LogP contribution in [0.5, 0.6) is 5.75 Å². The number of aromatic nitrogens is 4. The van der Waals surface area contributed by atoms with Crippen molar-refractivity contribution in [1.82, 2.24) is 24.4 Å². The number of fused-ring (bicyclic) bond motifs is 2. The van der Waals surface area contributed by atoms with Gasteiger partial charge in [-0.15, -0.1) is 0 Å². The molecule has 0 saturated carbocycles. The molecule has 6 rings (SSSR count). The van der Waals surface area contributed by atoms with Crippen LogP contribution in [0.4, 0.5) is 5.82 Å². The van der Waals surface area contributed by atoms with E-state index in [1.165, 1.54) is 0 Å². The lowest BCUT2D eigenvalue weighted by molar-refractivity contribution is 0.0344. The smallest absolute Gasteiger partial charge is 0.215 e. The molecular formula is C30H32N6O4. The van der Waals surface area contributed by atoms with Gasteiger partial charge in [0.2, 0.25) is 5.78 Å². The van der Waals surface area contributed by atoms with Crippen molar-refractivity contribution in [3.63, 3.8) is 0 Å². The standard InChI is InChI=1S/C30H32N6O4/c1-18-7-8-24(40-17-38-3)19(2)27(18)36-29(31)25(26-30(36)33-10-9-32-26)28(37)23-15-21-20(5-4-6-22(21)34-23)16-35-11-13-39-14-12-35/h4-10,15,34H,11-14,16-17,31H2,1-3H3. The van der Waals surface area contributed by atoms with E-state index in [4.69, 9.17) is 19.9 Å². The molecule has 5 aromatic rings. The minimum absolute atomic E-state index is 0.114. The summed E-state index contributed by atoms with van der Waals surface area (Å²) in [5.41, 5.74) is 13.1. The van der Waals surface area contributed by atoms with Crippen LogP contribution >= 0.6 is 0 Å². The number of hydrogen-bond acceptors (Lipinski definition) is 8. The van der Waals surface area contributed by atoms with E-state index >= 15 is 0 Å². The largest absolute Gasteiger partial charge is 0.467 e. The van der Waals surface area contributed by atoms with Crippen LogP contribution in [0.1, 0.15) is 32.7 Å². The second-order valence-electron chi connectivity index (χ2n) is 10.0. The van der Waals surface area contributed by atoms with Gasteiger partial charge in [0.1, 0.15) is 17.1 Å². The van der Waals surface area contributed by atoms with Crippen LogP contribution in [-0.4, -0.2) is 70.4 Å². The summed E-state index contributed by atoms with van der Waals surface area (Å²) < 4.78 is 18.2. The number of nitrogen functional groups attached to an aromatic ring is 1. The second kappa shape index (κ2) is 10.7. The molecule has 206 valence electrons. The highest BCUT2D eigenvalue weighted by molar-refractivity contribution is 6.19. The molecule has 4 heterocycles. The van der Waals surface area contributed by atoms with Gasteiger partial charge in [-0.3, -0.25) is 19.2 Å². The van der Waals surface area contributed by atoms with Gasteiger partial charge in [0.25, 0.3) is 0 Å². The summed E-state index contributed by atoms with van der Waals surface area (Å²) in [7, 11) is 1.57. The van der Waals surface area contributed by atoms with Crippen molar-refractivity contribution in [3.8, 4) is 11.4 Å². The van der Waals surface area contributed by atoms with Crippen molar-refractivity contribution in [2.24, 2.45) is 0 Å². The van der Waals surface area contributed by atoms with E-state index in [1.807, 2.05) is 44.2 Å². The van der Waals surface area contributed by atoms with Crippen LogP contribution in [0, 0.1) is 13.8 Å². The van der Waals surface area contributed by atoms with E-state index in [1.54, 1.807) is 24.1 Å². The number of ketones is 1. The highest BCUT2D eigenvalue weighted by Crippen LogP contribution is 2.36. The third-order valence-electron chi connectivity index (χ3n) is 7.49. The predicted molar refractivity (Wildman–Crippen MR) is 153 cm³/mol. The lowest BCUT2D eigenvalue weighted by Gasteiger charge is -2.26. The minimum Gasteiger partial charge on any atom is -0.467 e. The average Bonchev–Trinajstić information content (AvgIpc) is 3.53. The van der Waals surface area contributed by atoms with Crippen molar-refractivity contribution in [2.45, 2.75) is 20.4 Å². The highest BCUT2D eigenvalue weighted by Gasteiger charge is 2.28. The third kappa shape index (κ3) is 4.49. The number of methoxy groups -OCH3 is 1. The number of carbonyl (C=O) groups is 1. The molecular weight excluding hydrogens is 508 g/mol. The Hall–Kier alpha value is -4.25. The van der Waals surface area contributed by atoms with Gasteiger partial charge in [0, 0.05) is 55.6 Å². The van der Waals surface area contributed by atoms with Crippen LogP contribution in [-0.2, 0) is 16.0 Å². The zero-order valence-electron chi connectivity index (χ0n) is 22.9. The fourth-order valence-corrected chi connectivity index (χ4v) is 5.52. The minimum atomic E-state index is -0.239. The number of nitrogens with zero attached hydrogens (tertiary/aromatic N) is 4. The fourth-order valence-electron chi connectivity index (χ4n) is 5.52. The van der Waals surface area contributed by atoms with Gasteiger partial charge in [-0.25, -0.2) is 4.98 Å². The number of hydrogen-bond donors (Lipinski definition) is 2. The number of H-pyrrole nitrogens is 1. The second-order valence-corrected chi connectivity index (χ2v) is 10.0. The maximum Gasteiger partial charge on any atom is 0.215 e. The van der Waals surface area contributed by atoms with E-state index in [9.17, 15) is 4.79 Å². The Morgan fingerprint density at radius 3 is 2.73 bits per heavy atom. The molecule has 1 aliphatic rings. The van der Waals surface area contributed by atoms with E-state index in [0.717, 1.165) is 66.1 Å². The molecule has 1 saturated heterocycles. The molecule has 1 fully saturated rings. The third-order valence-corrected chi connectivity index (χ3v) is 7.49. The molecule has 40 heavy (non-hydrogen) atoms. The molecule has 1 aliphatic heterocycles. The number of aryl methyl sites for hydroxylation is 1. The number of rotatable bonds is 8. The summed E-state index contributed by atoms with van der Waals surface area (Å²) in [4.78, 5) is 28.9. The molecule has 0 spiro atoms. The molecule has 0 radical (unpaired) electrons. The average molecular weight is 541 g/mol. The van der Waals surface area contributed by atoms with E-state index in [-0.39, 0.29) is 18.4 Å². The monoisotopic (exact) mass is 540 g/mol. The fraction of sp³-hybridized carbons (Fsp3) is 0.300. The van der Waals surface area contributed by atoms with Gasteiger partial charge >= 0.3 is 0 Å². The number of ether oxygens (including phenoxy) is 3. The molecule has 10 nitrogen and oxygen atoms in total. The number of aromatic amines is 1. The quantitative estimate of drug-likeness (QED) is 0.223. The Morgan fingerprint density at radius 1 is 1.12 bits per heavy atom. The number of benzene rings is 2. The number of morpholine rings is 1. The Morgan fingerprint density at radius 2 is 1.93 bits per heavy atom. The maximum absolute atomic E-state index is 14.1. The number of anilines is 1. The number of nitrogens with two attached hydrogens (primary N) is 1. The van der Waals surface area contributed by atoms with Crippen LogP contribution in [0.15, 0.2) is 48.8 Å². The molecule has 10 heteroatoms. The molecule has 0 unspecified atom stereocenters. The predicted octanol–water partition coefficient (Wildman–Crippen LogP) is 4.15. The lowest BCUT2D eigenvalue weighted by Crippen LogP contribution is -2.35. The molecule has 0 bridgehead atoms. The van der Waals surface area contributed by atoms with Gasteiger partial charge in [0.15, 0.2) is 12.4 Å². The Balaban J connectivity index is 1.45. The van der Waals surface area contributed by atoms with Crippen molar-refractivity contribution < 1.29 is 19.0 Å². The van der Waals surface area contributed by atoms with Crippen molar-refractivity contribution in [2.75, 3.05) is 45.9 Å². The topological polar surface area (TPSA) is 121 Å². The summed E-state index contributed by atoms with van der Waals surface area (Å²) in [6.45, 7) is 8.08. The van der Waals surface area contributed by atoms with Gasteiger partial charge in [0.05, 0.1) is 30.2 Å². The van der Waals surface area contributed by atoms with Crippen molar-refractivity contribution in [1.29, 1.82) is 0 Å². The van der Waals surface area contributed by atoms with Crippen LogP contribution in [0.3, 0.4) is 0 Å². The van der Waals surface area contributed by atoms with E-state index in [2.05, 4.69) is 25.9 Å². The highest BCUT2D eigenvalue weighted by atomic mass is 16.7. The Labute approximate surface area is 231 Å². The summed E-state index contributed by atoms with van der Waals surface area (Å²) in [6, 6.07) is 11.9. The van der Waals surface area contributed by atoms with Gasteiger partial charge in [-0.2, -0.15) is 0 Å². The van der Waals surface area contributed by atoms with Crippen molar-refractivity contribution >= 4 is 33.7 Å². The zero-order valence-corrected chi connectivity index (χ0v) is 22.9. The molecule has 0 amide bonds. The summed E-state index contributed by atoms with van der Waals surface area (Å²) in [5, 5.41) is 1.01. The molecule has 3 aromatic heterocycles. The first-order chi connectivity index (χ1) is 19.5. The Kier molecular flexibility index (Phi) is 6.97. The Bertz CT molecular complexity index is 1720. The van der Waals surface area contributed by atoms with E-state index in [0.29, 0.717) is 28.2 Å². The van der Waals surface area contributed by atoms with Gasteiger partial charge in [-0.1, -0.05) is 18.2 Å². The summed E-state index contributed by atoms with van der Waals surface area (Å²) >= 11 is 0. The molecule has 0 aliphatic carbocycles.